The summed E-state index contributed by atoms with van der Waals surface area (Å²) in [7, 11) is 4.48. The van der Waals surface area contributed by atoms with Crippen LogP contribution in [-0.2, 0) is 14.3 Å². The van der Waals surface area contributed by atoms with Crippen LogP contribution in [0.1, 0.15) is 56.8 Å². The zero-order valence-electron chi connectivity index (χ0n) is 24.0. The Bertz CT molecular complexity index is 1210. The van der Waals surface area contributed by atoms with Crippen molar-refractivity contribution in [3.63, 3.8) is 0 Å². The van der Waals surface area contributed by atoms with Gasteiger partial charge in [-0.15, -0.1) is 0 Å². The summed E-state index contributed by atoms with van der Waals surface area (Å²) in [6, 6.07) is 7.66. The van der Waals surface area contributed by atoms with Crippen molar-refractivity contribution in [3.05, 3.63) is 52.6 Å². The minimum Gasteiger partial charge on any atom is -0.507 e. The molecule has 1 aliphatic heterocycles. The maximum Gasteiger partial charge on any atom is 0.295 e. The minimum atomic E-state index is -0.885. The van der Waals surface area contributed by atoms with Gasteiger partial charge in [-0.3, -0.25) is 9.59 Å². The fraction of sp³-hybridized carbons (Fsp3) is 0.467. The second-order valence-electron chi connectivity index (χ2n) is 9.87. The second kappa shape index (κ2) is 12.9. The monoisotopic (exact) mass is 541 g/mol. The molecule has 2 aromatic carbocycles. The molecule has 1 amide bonds. The van der Waals surface area contributed by atoms with E-state index in [0.717, 1.165) is 5.56 Å². The smallest absolute Gasteiger partial charge is 0.295 e. The Labute approximate surface area is 230 Å². The first-order valence-electron chi connectivity index (χ1n) is 13.0. The Morgan fingerprint density at radius 3 is 2.08 bits per heavy atom. The van der Waals surface area contributed by atoms with Crippen LogP contribution >= 0.6 is 0 Å². The number of carbonyl (C=O) groups is 2. The standard InChI is InChI=1S/C30H39NO8/c1-17(2)38-13-9-12-31-26(21-15-23(35-6)29(37-8)24(16-21)36-7)25(28(33)30(31)34)27(32)20-10-11-22(19(5)14-20)39-18(3)4/h10-11,14-18,26,32H,9,12-13H2,1-8H3/b27-25+. The molecule has 1 atom stereocenters. The first kappa shape index (κ1) is 29.8. The molecule has 1 heterocycles. The Morgan fingerprint density at radius 1 is 0.923 bits per heavy atom. The van der Waals surface area contributed by atoms with Crippen LogP contribution in [0.2, 0.25) is 0 Å². The molecular weight excluding hydrogens is 502 g/mol. The van der Waals surface area contributed by atoms with Crippen LogP contribution < -0.4 is 18.9 Å². The van der Waals surface area contributed by atoms with Gasteiger partial charge in [0.1, 0.15) is 11.5 Å². The largest absolute Gasteiger partial charge is 0.507 e. The van der Waals surface area contributed by atoms with Gasteiger partial charge in [0.05, 0.1) is 45.2 Å². The van der Waals surface area contributed by atoms with E-state index in [2.05, 4.69) is 0 Å². The molecule has 0 aliphatic carbocycles. The number of carbonyl (C=O) groups excluding carboxylic acids is 2. The number of hydrogen-bond donors (Lipinski definition) is 1. The Hall–Kier alpha value is -3.72. The number of amides is 1. The summed E-state index contributed by atoms with van der Waals surface area (Å²) in [5, 5.41) is 11.5. The molecule has 9 heteroatoms. The van der Waals surface area contributed by atoms with Crippen LogP contribution in [0.15, 0.2) is 35.9 Å². The predicted octanol–water partition coefficient (Wildman–Crippen LogP) is 5.04. The van der Waals surface area contributed by atoms with Crippen molar-refractivity contribution in [2.75, 3.05) is 34.5 Å². The Morgan fingerprint density at radius 2 is 1.56 bits per heavy atom. The number of likely N-dealkylation sites (tertiary alicyclic amines) is 1. The van der Waals surface area contributed by atoms with Gasteiger partial charge in [-0.25, -0.2) is 0 Å². The number of rotatable bonds is 12. The summed E-state index contributed by atoms with van der Waals surface area (Å²) >= 11 is 0. The third kappa shape index (κ3) is 6.47. The highest BCUT2D eigenvalue weighted by molar-refractivity contribution is 6.46. The van der Waals surface area contributed by atoms with Crippen LogP contribution in [0.4, 0.5) is 0 Å². The molecule has 0 aromatic heterocycles. The fourth-order valence-electron chi connectivity index (χ4n) is 4.61. The molecular formula is C30H39NO8. The lowest BCUT2D eigenvalue weighted by Gasteiger charge is -2.26. The van der Waals surface area contributed by atoms with E-state index in [9.17, 15) is 14.7 Å². The third-order valence-corrected chi connectivity index (χ3v) is 6.35. The SMILES string of the molecule is COc1cc(C2/C(=C(\O)c3ccc(OC(C)C)c(C)c3)C(=O)C(=O)N2CCCOC(C)C)cc(OC)c1OC. The second-order valence-corrected chi connectivity index (χ2v) is 9.87. The Balaban J connectivity index is 2.17. The Kier molecular flexibility index (Phi) is 9.86. The molecule has 0 bridgehead atoms. The molecule has 1 unspecified atom stereocenters. The average Bonchev–Trinajstić information content (AvgIpc) is 3.15. The molecule has 9 nitrogen and oxygen atoms in total. The van der Waals surface area contributed by atoms with Crippen molar-refractivity contribution in [2.45, 2.75) is 59.3 Å². The van der Waals surface area contributed by atoms with Gasteiger partial charge in [0.15, 0.2) is 11.5 Å². The van der Waals surface area contributed by atoms with E-state index in [0.29, 0.717) is 47.2 Å². The lowest BCUT2D eigenvalue weighted by Crippen LogP contribution is -2.31. The number of nitrogens with zero attached hydrogens (tertiary/aromatic N) is 1. The van der Waals surface area contributed by atoms with Gasteiger partial charge in [-0.2, -0.15) is 0 Å². The predicted molar refractivity (Wildman–Crippen MR) is 148 cm³/mol. The number of Topliss-reactive ketones (excluding diaryl/α,β-unsaturated/α-hetero) is 1. The van der Waals surface area contributed by atoms with E-state index in [1.807, 2.05) is 34.6 Å². The summed E-state index contributed by atoms with van der Waals surface area (Å²) in [5.74, 6) is 0.0497. The molecule has 1 fully saturated rings. The van der Waals surface area contributed by atoms with Crippen LogP contribution in [-0.4, -0.2) is 68.4 Å². The summed E-state index contributed by atoms with van der Waals surface area (Å²) in [6.07, 6.45) is 0.525. The van der Waals surface area contributed by atoms with Crippen LogP contribution in [0.3, 0.4) is 0 Å². The van der Waals surface area contributed by atoms with Crippen molar-refractivity contribution >= 4 is 17.4 Å². The van der Waals surface area contributed by atoms with E-state index in [4.69, 9.17) is 23.7 Å². The topological polar surface area (TPSA) is 104 Å². The van der Waals surface area contributed by atoms with Gasteiger partial charge >= 0.3 is 0 Å². The van der Waals surface area contributed by atoms with Gasteiger partial charge in [0.2, 0.25) is 5.75 Å². The first-order valence-corrected chi connectivity index (χ1v) is 13.0. The fourth-order valence-corrected chi connectivity index (χ4v) is 4.61. The van der Waals surface area contributed by atoms with Crippen LogP contribution in [0.25, 0.3) is 5.76 Å². The van der Waals surface area contributed by atoms with E-state index in [1.165, 1.54) is 26.2 Å². The van der Waals surface area contributed by atoms with Crippen LogP contribution in [0.5, 0.6) is 23.0 Å². The maximum atomic E-state index is 13.4. The number of aliphatic hydroxyl groups excluding tert-OH is 1. The van der Waals surface area contributed by atoms with Gasteiger partial charge in [-0.05, 0) is 82.5 Å². The summed E-state index contributed by atoms with van der Waals surface area (Å²) in [5.41, 5.74) is 1.71. The molecule has 212 valence electrons. The molecule has 1 saturated heterocycles. The lowest BCUT2D eigenvalue weighted by molar-refractivity contribution is -0.140. The summed E-state index contributed by atoms with van der Waals surface area (Å²) in [6.45, 7) is 10.2. The van der Waals surface area contributed by atoms with E-state index >= 15 is 0 Å². The van der Waals surface area contributed by atoms with E-state index < -0.39 is 17.7 Å². The van der Waals surface area contributed by atoms with Gasteiger partial charge in [-0.1, -0.05) is 0 Å². The maximum absolute atomic E-state index is 13.4. The molecule has 1 aliphatic rings. The highest BCUT2D eigenvalue weighted by Crippen LogP contribution is 2.46. The van der Waals surface area contributed by atoms with Crippen molar-refractivity contribution in [3.8, 4) is 23.0 Å². The zero-order chi connectivity index (χ0) is 28.9. The highest BCUT2D eigenvalue weighted by Gasteiger charge is 2.46. The number of aryl methyl sites for hydroxylation is 1. The third-order valence-electron chi connectivity index (χ3n) is 6.35. The van der Waals surface area contributed by atoms with Gasteiger partial charge in [0, 0.05) is 18.7 Å². The van der Waals surface area contributed by atoms with Crippen molar-refractivity contribution in [1.29, 1.82) is 0 Å². The number of hydrogen-bond acceptors (Lipinski definition) is 8. The molecule has 0 spiro atoms. The zero-order valence-corrected chi connectivity index (χ0v) is 24.0. The van der Waals surface area contributed by atoms with Crippen LogP contribution in [0, 0.1) is 6.92 Å². The first-order chi connectivity index (χ1) is 18.5. The molecule has 2 aromatic rings. The average molecular weight is 542 g/mol. The molecule has 1 N–H and O–H groups in total. The molecule has 0 radical (unpaired) electrons. The summed E-state index contributed by atoms with van der Waals surface area (Å²) in [4.78, 5) is 28.2. The number of benzene rings is 2. The molecule has 3 rings (SSSR count). The number of ether oxygens (including phenoxy) is 5. The summed E-state index contributed by atoms with van der Waals surface area (Å²) < 4.78 is 28.0. The molecule has 0 saturated carbocycles. The number of ketones is 1. The number of methoxy groups -OCH3 is 3. The van der Waals surface area contributed by atoms with Crippen molar-refractivity contribution < 1.29 is 38.4 Å². The van der Waals surface area contributed by atoms with Gasteiger partial charge in [0.25, 0.3) is 11.7 Å². The minimum absolute atomic E-state index is 0.0176. The normalized spacial score (nSPS) is 16.8. The van der Waals surface area contributed by atoms with Crippen molar-refractivity contribution in [1.82, 2.24) is 4.90 Å². The quantitative estimate of drug-likeness (QED) is 0.172. The lowest BCUT2D eigenvalue weighted by atomic mass is 9.94. The van der Waals surface area contributed by atoms with Gasteiger partial charge < -0.3 is 33.7 Å². The highest BCUT2D eigenvalue weighted by atomic mass is 16.5. The number of aliphatic hydroxyl groups is 1. The van der Waals surface area contributed by atoms with Crippen molar-refractivity contribution in [2.24, 2.45) is 0 Å². The van der Waals surface area contributed by atoms with E-state index in [-0.39, 0.29) is 30.1 Å². The van der Waals surface area contributed by atoms with E-state index in [1.54, 1.807) is 30.3 Å². The molecule has 39 heavy (non-hydrogen) atoms.